The van der Waals surface area contributed by atoms with Gasteiger partial charge in [0.1, 0.15) is 5.78 Å². The Morgan fingerprint density at radius 1 is 1.37 bits per heavy atom. The molecule has 1 rings (SSSR count). The first-order valence-electron chi connectivity index (χ1n) is 10.1. The van der Waals surface area contributed by atoms with Crippen molar-refractivity contribution in [2.75, 3.05) is 0 Å². The molecular weight excluding hydrogens is 340 g/mol. The molecule has 1 aliphatic carbocycles. The van der Waals surface area contributed by atoms with Crippen molar-refractivity contribution in [3.63, 3.8) is 0 Å². The summed E-state index contributed by atoms with van der Waals surface area (Å²) in [6, 6.07) is 0. The second kappa shape index (κ2) is 11.8. The summed E-state index contributed by atoms with van der Waals surface area (Å²) in [5.41, 5.74) is -0.790. The van der Waals surface area contributed by atoms with Gasteiger partial charge in [-0.1, -0.05) is 50.5 Å². The van der Waals surface area contributed by atoms with Crippen molar-refractivity contribution in [3.8, 4) is 12.3 Å². The molecule has 150 valence electrons. The number of unbranched alkanes of at least 4 members (excludes halogenated alkanes) is 2. The number of carboxylic acids is 1. The molecule has 0 aromatic rings. The number of Topliss-reactive ketones (excluding diaryl/α,β-unsaturated/α-hetero) is 1. The maximum atomic E-state index is 12.0. The molecule has 0 aromatic heterocycles. The molecule has 0 spiro atoms. The zero-order valence-electron chi connectivity index (χ0n) is 16.7. The Morgan fingerprint density at radius 3 is 2.67 bits per heavy atom. The number of aliphatic carboxylic acids is 1. The lowest BCUT2D eigenvalue weighted by atomic mass is 9.79. The molecule has 0 saturated heterocycles. The minimum atomic E-state index is -0.977. The van der Waals surface area contributed by atoms with Gasteiger partial charge in [0.25, 0.3) is 0 Å². The van der Waals surface area contributed by atoms with Gasteiger partial charge in [0.05, 0.1) is 11.5 Å². The van der Waals surface area contributed by atoms with Crippen LogP contribution in [0.3, 0.4) is 0 Å². The van der Waals surface area contributed by atoms with E-state index in [1.807, 2.05) is 31.2 Å². The summed E-state index contributed by atoms with van der Waals surface area (Å²) in [5, 5.41) is 19.8. The van der Waals surface area contributed by atoms with Gasteiger partial charge in [0.2, 0.25) is 0 Å². The van der Waals surface area contributed by atoms with Crippen molar-refractivity contribution < 1.29 is 19.8 Å². The van der Waals surface area contributed by atoms with Crippen LogP contribution in [0.25, 0.3) is 0 Å². The lowest BCUT2D eigenvalue weighted by Gasteiger charge is -2.23. The molecule has 4 atom stereocenters. The van der Waals surface area contributed by atoms with E-state index in [1.165, 1.54) is 0 Å². The molecule has 1 saturated carbocycles. The first-order chi connectivity index (χ1) is 12.8. The summed E-state index contributed by atoms with van der Waals surface area (Å²) in [6.07, 6.45) is 20.1. The van der Waals surface area contributed by atoms with Gasteiger partial charge in [-0.2, -0.15) is 0 Å². The van der Waals surface area contributed by atoms with Crippen molar-refractivity contribution in [3.05, 3.63) is 24.3 Å². The molecule has 1 aliphatic rings. The van der Waals surface area contributed by atoms with Crippen molar-refractivity contribution in [1.82, 2.24) is 0 Å². The van der Waals surface area contributed by atoms with Crippen LogP contribution < -0.4 is 0 Å². The summed E-state index contributed by atoms with van der Waals surface area (Å²) in [6.45, 7) is 3.95. The van der Waals surface area contributed by atoms with E-state index in [4.69, 9.17) is 6.42 Å². The molecule has 2 unspecified atom stereocenters. The van der Waals surface area contributed by atoms with E-state index in [-0.39, 0.29) is 5.78 Å². The first-order valence-corrected chi connectivity index (χ1v) is 10.1. The molecule has 27 heavy (non-hydrogen) atoms. The number of hydrogen-bond acceptors (Lipinski definition) is 3. The standard InChI is InChI=1S/C23H34O4/c1-4-6-10-16-23(3,27)17-11-8-7-9-13-18(5-2)21(22(25)26)19-14-12-15-20(19)24/h2,7,9,11,17-19,21,27H,4,6,8,10,12-16H2,1,3H3,(H,25,26)/b9-7+,17-11-/t18?,19-,21-,23?/m0/s1. The van der Waals surface area contributed by atoms with Crippen LogP contribution in [0.1, 0.15) is 71.6 Å². The van der Waals surface area contributed by atoms with Gasteiger partial charge in [0.15, 0.2) is 0 Å². The fourth-order valence-corrected chi connectivity index (χ4v) is 3.72. The van der Waals surface area contributed by atoms with E-state index in [2.05, 4.69) is 12.8 Å². The minimum absolute atomic E-state index is 0.0277. The number of carbonyl (C=O) groups excluding carboxylic acids is 1. The highest BCUT2D eigenvalue weighted by molar-refractivity contribution is 5.88. The van der Waals surface area contributed by atoms with Crippen LogP contribution in [0.2, 0.25) is 0 Å². The zero-order valence-corrected chi connectivity index (χ0v) is 16.7. The van der Waals surface area contributed by atoms with Crippen molar-refractivity contribution >= 4 is 11.8 Å². The number of hydrogen-bond donors (Lipinski definition) is 2. The molecule has 0 aliphatic heterocycles. The molecular formula is C23H34O4. The van der Waals surface area contributed by atoms with Gasteiger partial charge < -0.3 is 10.2 Å². The highest BCUT2D eigenvalue weighted by Gasteiger charge is 2.40. The fourth-order valence-electron chi connectivity index (χ4n) is 3.72. The molecule has 0 heterocycles. The first kappa shape index (κ1) is 23.2. The highest BCUT2D eigenvalue weighted by Crippen LogP contribution is 2.34. The number of allylic oxidation sites excluding steroid dienone is 3. The topological polar surface area (TPSA) is 74.6 Å². The van der Waals surface area contributed by atoms with Crippen LogP contribution in [0.4, 0.5) is 0 Å². The Kier molecular flexibility index (Phi) is 10.1. The third-order valence-electron chi connectivity index (χ3n) is 5.31. The monoisotopic (exact) mass is 374 g/mol. The number of ketones is 1. The summed E-state index contributed by atoms with van der Waals surface area (Å²) in [7, 11) is 0. The highest BCUT2D eigenvalue weighted by atomic mass is 16.4. The van der Waals surface area contributed by atoms with Gasteiger partial charge in [-0.3, -0.25) is 9.59 Å². The average molecular weight is 375 g/mol. The van der Waals surface area contributed by atoms with E-state index in [0.717, 1.165) is 32.1 Å². The van der Waals surface area contributed by atoms with Gasteiger partial charge >= 0.3 is 5.97 Å². The van der Waals surface area contributed by atoms with Gasteiger partial charge in [-0.15, -0.1) is 12.3 Å². The molecule has 4 nitrogen and oxygen atoms in total. The summed E-state index contributed by atoms with van der Waals surface area (Å²) >= 11 is 0. The molecule has 2 N–H and O–H groups in total. The van der Waals surface area contributed by atoms with Gasteiger partial charge in [-0.05, 0) is 39.0 Å². The Hall–Kier alpha value is -1.86. The van der Waals surface area contributed by atoms with E-state index < -0.39 is 29.3 Å². The lowest BCUT2D eigenvalue weighted by Crippen LogP contribution is -2.32. The Bertz CT molecular complexity index is 580. The van der Waals surface area contributed by atoms with Crippen LogP contribution in [0.15, 0.2) is 24.3 Å². The summed E-state index contributed by atoms with van der Waals surface area (Å²) in [4.78, 5) is 23.6. The summed E-state index contributed by atoms with van der Waals surface area (Å²) < 4.78 is 0. The molecule has 4 heteroatoms. The van der Waals surface area contributed by atoms with E-state index in [1.54, 1.807) is 0 Å². The third-order valence-corrected chi connectivity index (χ3v) is 5.31. The largest absolute Gasteiger partial charge is 0.481 e. The molecule has 0 aromatic carbocycles. The fraction of sp³-hybridized carbons (Fsp3) is 0.652. The predicted molar refractivity (Wildman–Crippen MR) is 108 cm³/mol. The Balaban J connectivity index is 2.53. The van der Waals surface area contributed by atoms with Crippen LogP contribution >= 0.6 is 0 Å². The van der Waals surface area contributed by atoms with Crippen LogP contribution in [0, 0.1) is 30.1 Å². The van der Waals surface area contributed by atoms with E-state index >= 15 is 0 Å². The second-order valence-electron chi connectivity index (χ2n) is 7.76. The van der Waals surface area contributed by atoms with Crippen LogP contribution in [0.5, 0.6) is 0 Å². The number of carbonyl (C=O) groups is 2. The third kappa shape index (κ3) is 8.13. The lowest BCUT2D eigenvalue weighted by molar-refractivity contribution is -0.147. The van der Waals surface area contributed by atoms with Gasteiger partial charge in [0, 0.05) is 18.3 Å². The molecule has 0 radical (unpaired) electrons. The predicted octanol–water partition coefficient (Wildman–Crippen LogP) is 4.53. The Labute approximate surface area is 163 Å². The van der Waals surface area contributed by atoms with Crippen molar-refractivity contribution in [2.45, 2.75) is 77.2 Å². The SMILES string of the molecule is C#CC(C/C=C/C/C=C\C(C)(O)CCCCC)[C@H](C(=O)O)[C@H]1CCCC1=O. The van der Waals surface area contributed by atoms with Crippen LogP contribution in [-0.2, 0) is 9.59 Å². The second-order valence-corrected chi connectivity index (χ2v) is 7.76. The van der Waals surface area contributed by atoms with Crippen molar-refractivity contribution in [1.29, 1.82) is 0 Å². The molecule has 1 fully saturated rings. The molecule has 0 bridgehead atoms. The maximum Gasteiger partial charge on any atom is 0.308 e. The van der Waals surface area contributed by atoms with Gasteiger partial charge in [-0.25, -0.2) is 0 Å². The van der Waals surface area contributed by atoms with E-state index in [0.29, 0.717) is 25.7 Å². The van der Waals surface area contributed by atoms with Crippen LogP contribution in [-0.4, -0.2) is 27.6 Å². The number of carboxylic acid groups (broad SMARTS) is 1. The average Bonchev–Trinajstić information content (AvgIpc) is 3.02. The smallest absolute Gasteiger partial charge is 0.308 e. The minimum Gasteiger partial charge on any atom is -0.481 e. The number of aliphatic hydroxyl groups is 1. The normalized spacial score (nSPS) is 22.0. The maximum absolute atomic E-state index is 12.0. The van der Waals surface area contributed by atoms with E-state index in [9.17, 15) is 19.8 Å². The summed E-state index contributed by atoms with van der Waals surface area (Å²) in [5.74, 6) is -0.0972. The Morgan fingerprint density at radius 2 is 2.11 bits per heavy atom. The number of rotatable bonds is 12. The zero-order chi connectivity index (χ0) is 20.3. The quantitative estimate of drug-likeness (QED) is 0.299. The van der Waals surface area contributed by atoms with Crippen molar-refractivity contribution in [2.24, 2.45) is 17.8 Å². The molecule has 0 amide bonds. The number of terminal acetylenes is 1.